The quantitative estimate of drug-likeness (QED) is 0.929. The van der Waals surface area contributed by atoms with Gasteiger partial charge in [-0.1, -0.05) is 19.3 Å². The van der Waals surface area contributed by atoms with Crippen LogP contribution in [-0.4, -0.2) is 39.5 Å². The molecule has 1 N–H and O–H groups in total. The normalized spacial score (nSPS) is 22.3. The summed E-state index contributed by atoms with van der Waals surface area (Å²) < 4.78 is 0. The van der Waals surface area contributed by atoms with Gasteiger partial charge in [0.05, 0.1) is 11.3 Å². The van der Waals surface area contributed by atoms with E-state index < -0.39 is 5.97 Å². The van der Waals surface area contributed by atoms with Crippen LogP contribution in [0.25, 0.3) is 0 Å². The molecule has 2 fully saturated rings. The average Bonchev–Trinajstić information content (AvgIpc) is 3.04. The van der Waals surface area contributed by atoms with Gasteiger partial charge >= 0.3 is 5.97 Å². The van der Waals surface area contributed by atoms with Crippen LogP contribution in [0.4, 0.5) is 0 Å². The third kappa shape index (κ3) is 3.23. The average molecular weight is 316 g/mol. The van der Waals surface area contributed by atoms with Crippen molar-refractivity contribution in [2.75, 3.05) is 6.54 Å². The third-order valence-corrected chi connectivity index (χ3v) is 5.29. The molecule has 23 heavy (non-hydrogen) atoms. The number of hydrogen-bond donors (Lipinski definition) is 1. The van der Waals surface area contributed by atoms with Crippen LogP contribution in [0.5, 0.6) is 0 Å². The predicted octanol–water partition coefficient (Wildman–Crippen LogP) is 3.27. The first-order chi connectivity index (χ1) is 11.1. The highest BCUT2D eigenvalue weighted by molar-refractivity contribution is 5.94. The summed E-state index contributed by atoms with van der Waals surface area (Å²) in [5, 5.41) is 9.08. The molecule has 0 bridgehead atoms. The standard InChI is InChI=1S/C18H24N2O3/c1-12-14(18(22)23)9-10-15(19-12)17(21)20-11-5-8-16(20)13-6-3-2-4-7-13/h9-10,13,16H,2-8,11H2,1H3,(H,22,23). The van der Waals surface area contributed by atoms with Crippen molar-refractivity contribution in [3.05, 3.63) is 29.1 Å². The second-order valence-electron chi connectivity index (χ2n) is 6.74. The number of hydrogen-bond acceptors (Lipinski definition) is 3. The van der Waals surface area contributed by atoms with E-state index in [1.54, 1.807) is 13.0 Å². The molecule has 124 valence electrons. The number of carboxylic acid groups (broad SMARTS) is 1. The molecule has 1 aromatic heterocycles. The fourth-order valence-corrected chi connectivity index (χ4v) is 4.11. The van der Waals surface area contributed by atoms with Crippen LogP contribution in [-0.2, 0) is 0 Å². The molecule has 1 aliphatic carbocycles. The molecule has 5 heteroatoms. The van der Waals surface area contributed by atoms with E-state index in [-0.39, 0.29) is 11.5 Å². The molecule has 0 radical (unpaired) electrons. The van der Waals surface area contributed by atoms with Gasteiger partial charge < -0.3 is 10.0 Å². The van der Waals surface area contributed by atoms with Gasteiger partial charge in [-0.2, -0.15) is 0 Å². The number of nitrogens with zero attached hydrogens (tertiary/aromatic N) is 2. The fourth-order valence-electron chi connectivity index (χ4n) is 4.11. The van der Waals surface area contributed by atoms with Crippen molar-refractivity contribution >= 4 is 11.9 Å². The Bertz CT molecular complexity index is 608. The highest BCUT2D eigenvalue weighted by atomic mass is 16.4. The molecule has 1 unspecified atom stereocenters. The smallest absolute Gasteiger partial charge is 0.337 e. The topological polar surface area (TPSA) is 70.5 Å². The lowest BCUT2D eigenvalue weighted by molar-refractivity contribution is 0.0650. The molecule has 3 rings (SSSR count). The Balaban J connectivity index is 1.78. The summed E-state index contributed by atoms with van der Waals surface area (Å²) in [7, 11) is 0. The Labute approximate surface area is 136 Å². The second kappa shape index (κ2) is 6.69. The van der Waals surface area contributed by atoms with Gasteiger partial charge in [-0.15, -0.1) is 0 Å². The van der Waals surface area contributed by atoms with Gasteiger partial charge in [-0.25, -0.2) is 9.78 Å². The minimum atomic E-state index is -1.00. The zero-order valence-corrected chi connectivity index (χ0v) is 13.6. The van der Waals surface area contributed by atoms with E-state index in [9.17, 15) is 9.59 Å². The number of rotatable bonds is 3. The van der Waals surface area contributed by atoms with E-state index >= 15 is 0 Å². The van der Waals surface area contributed by atoms with Crippen molar-refractivity contribution in [1.29, 1.82) is 0 Å². The van der Waals surface area contributed by atoms with Gasteiger partial charge in [-0.3, -0.25) is 4.79 Å². The zero-order chi connectivity index (χ0) is 16.4. The lowest BCUT2D eigenvalue weighted by atomic mass is 9.83. The summed E-state index contributed by atoms with van der Waals surface area (Å²) >= 11 is 0. The summed E-state index contributed by atoms with van der Waals surface area (Å²) in [5.74, 6) is -0.428. The van der Waals surface area contributed by atoms with E-state index in [0.717, 1.165) is 19.4 Å². The maximum Gasteiger partial charge on any atom is 0.337 e. The number of pyridine rings is 1. The minimum Gasteiger partial charge on any atom is -0.478 e. The number of aromatic carboxylic acids is 1. The van der Waals surface area contributed by atoms with Crippen LogP contribution in [0.3, 0.4) is 0 Å². The van der Waals surface area contributed by atoms with Crippen LogP contribution in [0.15, 0.2) is 12.1 Å². The van der Waals surface area contributed by atoms with Gasteiger partial charge in [0, 0.05) is 12.6 Å². The number of carboxylic acids is 1. The molecular formula is C18H24N2O3. The van der Waals surface area contributed by atoms with Crippen molar-refractivity contribution in [3.8, 4) is 0 Å². The molecule has 1 saturated carbocycles. The highest BCUT2D eigenvalue weighted by Crippen LogP contribution is 2.34. The SMILES string of the molecule is Cc1nc(C(=O)N2CCCC2C2CCCCC2)ccc1C(=O)O. The van der Waals surface area contributed by atoms with Crippen LogP contribution < -0.4 is 0 Å². The number of likely N-dealkylation sites (tertiary alicyclic amines) is 1. The van der Waals surface area contributed by atoms with Crippen molar-refractivity contribution < 1.29 is 14.7 Å². The Morgan fingerprint density at radius 1 is 1.13 bits per heavy atom. The van der Waals surface area contributed by atoms with Crippen molar-refractivity contribution in [2.24, 2.45) is 5.92 Å². The molecule has 1 aromatic rings. The number of aryl methyl sites for hydroxylation is 1. The molecule has 1 saturated heterocycles. The summed E-state index contributed by atoms with van der Waals surface area (Å²) in [6.07, 6.45) is 8.44. The molecule has 0 spiro atoms. The fraction of sp³-hybridized carbons (Fsp3) is 0.611. The zero-order valence-electron chi connectivity index (χ0n) is 13.6. The number of aromatic nitrogens is 1. The third-order valence-electron chi connectivity index (χ3n) is 5.29. The molecule has 0 aromatic carbocycles. The van der Waals surface area contributed by atoms with Gasteiger partial charge in [0.2, 0.25) is 0 Å². The second-order valence-corrected chi connectivity index (χ2v) is 6.74. The summed E-state index contributed by atoms with van der Waals surface area (Å²) in [4.78, 5) is 30.2. The van der Waals surface area contributed by atoms with Gasteiger partial charge in [-0.05, 0) is 50.7 Å². The first-order valence-electron chi connectivity index (χ1n) is 8.60. The van der Waals surface area contributed by atoms with Gasteiger partial charge in [0.1, 0.15) is 5.69 Å². The van der Waals surface area contributed by atoms with E-state index in [1.807, 2.05) is 4.90 Å². The van der Waals surface area contributed by atoms with E-state index in [1.165, 1.54) is 38.2 Å². The lowest BCUT2D eigenvalue weighted by Gasteiger charge is -2.34. The first-order valence-corrected chi connectivity index (χ1v) is 8.60. The monoisotopic (exact) mass is 316 g/mol. The van der Waals surface area contributed by atoms with Crippen LogP contribution in [0.2, 0.25) is 0 Å². The predicted molar refractivity (Wildman–Crippen MR) is 86.6 cm³/mol. The molecule has 1 aliphatic heterocycles. The van der Waals surface area contributed by atoms with E-state index in [0.29, 0.717) is 23.3 Å². The molecule has 2 heterocycles. The summed E-state index contributed by atoms with van der Waals surface area (Å²) in [6.45, 7) is 2.43. The number of amides is 1. The first kappa shape index (κ1) is 16.0. The molecular weight excluding hydrogens is 292 g/mol. The molecule has 1 amide bonds. The van der Waals surface area contributed by atoms with Crippen molar-refractivity contribution in [1.82, 2.24) is 9.88 Å². The van der Waals surface area contributed by atoms with Crippen LogP contribution in [0, 0.1) is 12.8 Å². The van der Waals surface area contributed by atoms with Gasteiger partial charge in [0.25, 0.3) is 5.91 Å². The summed E-state index contributed by atoms with van der Waals surface area (Å²) in [5.41, 5.74) is 0.929. The maximum absolute atomic E-state index is 12.8. The highest BCUT2D eigenvalue weighted by Gasteiger charge is 2.36. The Morgan fingerprint density at radius 2 is 1.87 bits per heavy atom. The molecule has 5 nitrogen and oxygen atoms in total. The maximum atomic E-state index is 12.8. The van der Waals surface area contributed by atoms with Crippen molar-refractivity contribution in [3.63, 3.8) is 0 Å². The van der Waals surface area contributed by atoms with E-state index in [4.69, 9.17) is 5.11 Å². The van der Waals surface area contributed by atoms with E-state index in [2.05, 4.69) is 4.98 Å². The summed E-state index contributed by atoms with van der Waals surface area (Å²) in [6, 6.07) is 3.38. The van der Waals surface area contributed by atoms with Crippen LogP contribution >= 0.6 is 0 Å². The van der Waals surface area contributed by atoms with Crippen LogP contribution in [0.1, 0.15) is 71.5 Å². The molecule has 1 atom stereocenters. The van der Waals surface area contributed by atoms with Crippen molar-refractivity contribution in [2.45, 2.75) is 57.9 Å². The number of carbonyl (C=O) groups excluding carboxylic acids is 1. The number of carbonyl (C=O) groups is 2. The van der Waals surface area contributed by atoms with Gasteiger partial charge in [0.15, 0.2) is 0 Å². The minimum absolute atomic E-state index is 0.0434. The Kier molecular flexibility index (Phi) is 4.64. The molecule has 2 aliphatic rings. The lowest BCUT2D eigenvalue weighted by Crippen LogP contribution is -2.41. The Morgan fingerprint density at radius 3 is 2.52 bits per heavy atom. The Hall–Kier alpha value is -1.91. The largest absolute Gasteiger partial charge is 0.478 e.